The van der Waals surface area contributed by atoms with Crippen molar-refractivity contribution in [1.82, 2.24) is 5.43 Å². The molecule has 0 radical (unpaired) electrons. The van der Waals surface area contributed by atoms with E-state index in [0.717, 1.165) is 11.1 Å². The van der Waals surface area contributed by atoms with Gasteiger partial charge in [0.05, 0.1) is 10.7 Å². The van der Waals surface area contributed by atoms with Crippen LogP contribution in [0.3, 0.4) is 0 Å². The molecule has 0 fully saturated rings. The maximum absolute atomic E-state index is 12.1. The van der Waals surface area contributed by atoms with Crippen molar-refractivity contribution in [2.24, 2.45) is 5.10 Å². The van der Waals surface area contributed by atoms with Gasteiger partial charge < -0.3 is 4.74 Å². The fourth-order valence-electron chi connectivity index (χ4n) is 1.90. The Labute approximate surface area is 151 Å². The minimum atomic E-state index is -0.752. The Morgan fingerprint density at radius 1 is 1.17 bits per heavy atom. The van der Waals surface area contributed by atoms with Crippen LogP contribution in [0.15, 0.2) is 47.6 Å². The normalized spacial score (nSPS) is 12.6. The van der Waals surface area contributed by atoms with Crippen LogP contribution in [0.1, 0.15) is 25.0 Å². The molecule has 0 aliphatic heterocycles. The Morgan fingerprint density at radius 3 is 2.46 bits per heavy atom. The highest BCUT2D eigenvalue weighted by Gasteiger charge is 2.16. The van der Waals surface area contributed by atoms with E-state index in [-0.39, 0.29) is 5.91 Å². The van der Waals surface area contributed by atoms with E-state index in [1.54, 1.807) is 25.1 Å². The lowest BCUT2D eigenvalue weighted by atomic mass is 10.1. The Bertz CT molecular complexity index is 758. The van der Waals surface area contributed by atoms with Gasteiger partial charge >= 0.3 is 0 Å². The second-order valence-electron chi connectivity index (χ2n) is 5.37. The molecule has 2 aromatic carbocycles. The van der Waals surface area contributed by atoms with Crippen molar-refractivity contribution in [2.75, 3.05) is 0 Å². The van der Waals surface area contributed by atoms with Crippen LogP contribution < -0.4 is 10.2 Å². The predicted octanol–water partition coefficient (Wildman–Crippen LogP) is 4.61. The van der Waals surface area contributed by atoms with Crippen molar-refractivity contribution in [3.05, 3.63) is 63.6 Å². The highest BCUT2D eigenvalue weighted by atomic mass is 35.5. The van der Waals surface area contributed by atoms with E-state index in [2.05, 4.69) is 10.5 Å². The van der Waals surface area contributed by atoms with Gasteiger partial charge in [-0.2, -0.15) is 5.10 Å². The van der Waals surface area contributed by atoms with Gasteiger partial charge in [-0.25, -0.2) is 5.43 Å². The number of hydrogen-bond donors (Lipinski definition) is 1. The van der Waals surface area contributed by atoms with Gasteiger partial charge in [-0.1, -0.05) is 53.0 Å². The van der Waals surface area contributed by atoms with Crippen LogP contribution in [0.4, 0.5) is 0 Å². The fraction of sp³-hybridized carbons (Fsp3) is 0.222. The number of hydrazone groups is 1. The first-order valence-corrected chi connectivity index (χ1v) is 8.15. The number of nitrogens with zero attached hydrogens (tertiary/aromatic N) is 1. The molecule has 1 atom stereocenters. The highest BCUT2D eigenvalue weighted by molar-refractivity contribution is 6.35. The summed E-state index contributed by atoms with van der Waals surface area (Å²) in [6, 6.07) is 12.7. The maximum Gasteiger partial charge on any atom is 0.280 e. The lowest BCUT2D eigenvalue weighted by Gasteiger charge is -2.14. The molecular weight excluding hydrogens is 347 g/mol. The summed E-state index contributed by atoms with van der Waals surface area (Å²) in [4.78, 5) is 12.1. The van der Waals surface area contributed by atoms with Crippen molar-refractivity contribution in [2.45, 2.75) is 26.9 Å². The van der Waals surface area contributed by atoms with Gasteiger partial charge in [-0.15, -0.1) is 0 Å². The van der Waals surface area contributed by atoms with Crippen LogP contribution in [-0.2, 0) is 4.79 Å². The smallest absolute Gasteiger partial charge is 0.280 e. The van der Waals surface area contributed by atoms with Crippen molar-refractivity contribution >= 4 is 34.8 Å². The van der Waals surface area contributed by atoms with Gasteiger partial charge in [0.15, 0.2) is 6.10 Å². The van der Waals surface area contributed by atoms with E-state index in [1.807, 2.05) is 38.1 Å². The third-order valence-corrected chi connectivity index (χ3v) is 3.90. The lowest BCUT2D eigenvalue weighted by Crippen LogP contribution is -2.34. The second kappa shape index (κ2) is 8.18. The van der Waals surface area contributed by atoms with E-state index in [9.17, 15) is 4.79 Å². The van der Waals surface area contributed by atoms with Crippen LogP contribution in [-0.4, -0.2) is 17.7 Å². The van der Waals surface area contributed by atoms with Crippen LogP contribution >= 0.6 is 23.2 Å². The number of amides is 1. The molecule has 0 saturated heterocycles. The Kier molecular flexibility index (Phi) is 6.23. The molecule has 1 amide bonds. The molecule has 2 aromatic rings. The summed E-state index contributed by atoms with van der Waals surface area (Å²) in [5, 5.41) is 4.96. The first kappa shape index (κ1) is 18.3. The third-order valence-electron chi connectivity index (χ3n) is 3.37. The van der Waals surface area contributed by atoms with Crippen molar-refractivity contribution in [3.63, 3.8) is 0 Å². The van der Waals surface area contributed by atoms with Crippen molar-refractivity contribution in [3.8, 4) is 5.75 Å². The zero-order valence-electron chi connectivity index (χ0n) is 13.6. The van der Waals surface area contributed by atoms with Crippen LogP contribution in [0.25, 0.3) is 0 Å². The predicted molar refractivity (Wildman–Crippen MR) is 98.1 cm³/mol. The molecule has 0 aliphatic carbocycles. The second-order valence-corrected chi connectivity index (χ2v) is 6.22. The van der Waals surface area contributed by atoms with Gasteiger partial charge in [0.1, 0.15) is 5.75 Å². The Hall–Kier alpha value is -2.04. The molecule has 1 unspecified atom stereocenters. The van der Waals surface area contributed by atoms with E-state index < -0.39 is 6.10 Å². The van der Waals surface area contributed by atoms with Gasteiger partial charge in [-0.05, 0) is 44.5 Å². The summed E-state index contributed by atoms with van der Waals surface area (Å²) in [5.74, 6) is 0.0235. The van der Waals surface area contributed by atoms with Gasteiger partial charge in [0.25, 0.3) is 5.91 Å². The minimum Gasteiger partial charge on any atom is -0.479 e. The van der Waals surface area contributed by atoms with E-state index in [0.29, 0.717) is 21.5 Å². The number of halogens is 2. The minimum absolute atomic E-state index is 0.349. The largest absolute Gasteiger partial charge is 0.479 e. The van der Waals surface area contributed by atoms with Crippen molar-refractivity contribution < 1.29 is 9.53 Å². The van der Waals surface area contributed by atoms with E-state index in [1.165, 1.54) is 0 Å². The first-order valence-electron chi connectivity index (χ1n) is 7.39. The molecule has 1 N–H and O–H groups in total. The zero-order valence-corrected chi connectivity index (χ0v) is 15.2. The van der Waals surface area contributed by atoms with E-state index >= 15 is 0 Å². The molecule has 0 saturated carbocycles. The fourth-order valence-corrected chi connectivity index (χ4v) is 2.36. The van der Waals surface area contributed by atoms with Crippen LogP contribution in [0, 0.1) is 6.92 Å². The molecule has 0 spiro atoms. The third kappa shape index (κ3) is 4.98. The number of nitrogens with one attached hydrogen (secondary N) is 1. The van der Waals surface area contributed by atoms with E-state index in [4.69, 9.17) is 27.9 Å². The molecule has 2 rings (SSSR count). The Morgan fingerprint density at radius 2 is 1.83 bits per heavy atom. The average molecular weight is 365 g/mol. The van der Waals surface area contributed by atoms with Gasteiger partial charge in [0, 0.05) is 5.02 Å². The number of hydrogen-bond acceptors (Lipinski definition) is 3. The molecule has 6 heteroatoms. The number of carbonyl (C=O) groups excluding carboxylic acids is 1. The van der Waals surface area contributed by atoms with Gasteiger partial charge in [0.2, 0.25) is 0 Å². The van der Waals surface area contributed by atoms with Crippen molar-refractivity contribution in [1.29, 1.82) is 0 Å². The van der Waals surface area contributed by atoms with Crippen LogP contribution in [0.2, 0.25) is 10.0 Å². The summed E-state index contributed by atoms with van der Waals surface area (Å²) in [5.41, 5.74) is 5.31. The quantitative estimate of drug-likeness (QED) is 0.621. The molecule has 126 valence electrons. The summed E-state index contributed by atoms with van der Waals surface area (Å²) in [6.07, 6.45) is -0.752. The van der Waals surface area contributed by atoms with Crippen LogP contribution in [0.5, 0.6) is 5.75 Å². The topological polar surface area (TPSA) is 50.7 Å². The molecular formula is C18H18Cl2N2O2. The number of aryl methyl sites for hydroxylation is 1. The number of rotatable bonds is 5. The Balaban J connectivity index is 1.98. The molecule has 0 aliphatic rings. The summed E-state index contributed by atoms with van der Waals surface area (Å²) >= 11 is 11.9. The summed E-state index contributed by atoms with van der Waals surface area (Å²) in [7, 11) is 0. The summed E-state index contributed by atoms with van der Waals surface area (Å²) < 4.78 is 5.54. The highest BCUT2D eigenvalue weighted by Crippen LogP contribution is 2.28. The maximum atomic E-state index is 12.1. The molecule has 0 bridgehead atoms. The molecule has 24 heavy (non-hydrogen) atoms. The standard InChI is InChI=1S/C18H18Cl2N2O2/c1-11-4-6-14(7-5-11)12(2)21-22-18(23)13(3)24-17-9-8-15(19)10-16(17)20/h4-10,13H,1-3H3,(H,22,23)/b21-12+. The monoisotopic (exact) mass is 364 g/mol. The SMILES string of the molecule is C/C(=N\NC(=O)C(C)Oc1ccc(Cl)cc1Cl)c1ccc(C)cc1. The number of benzene rings is 2. The zero-order chi connectivity index (χ0) is 17.7. The molecule has 4 nitrogen and oxygen atoms in total. The molecule has 0 aromatic heterocycles. The number of carbonyl (C=O) groups is 1. The summed E-state index contributed by atoms with van der Waals surface area (Å²) in [6.45, 7) is 5.46. The lowest BCUT2D eigenvalue weighted by molar-refractivity contribution is -0.127. The molecule has 0 heterocycles. The average Bonchev–Trinajstić information content (AvgIpc) is 2.55. The first-order chi connectivity index (χ1) is 11.4. The van der Waals surface area contributed by atoms with Gasteiger partial charge in [-0.3, -0.25) is 4.79 Å². The number of ether oxygens (including phenoxy) is 1.